The van der Waals surface area contributed by atoms with Crippen molar-refractivity contribution < 1.29 is 22.7 Å². The smallest absolute Gasteiger partial charge is 0.416 e. The fraction of sp³-hybridized carbons (Fsp3) is 0.160. The number of carbonyl (C=O) groups excluding carboxylic acids is 1. The molecule has 0 atom stereocenters. The van der Waals surface area contributed by atoms with E-state index < -0.39 is 17.8 Å². The lowest BCUT2D eigenvalue weighted by atomic mass is 9.98. The van der Waals surface area contributed by atoms with E-state index in [1.165, 1.54) is 12.1 Å². The number of alkyl halides is 3. The standard InChI is InChI=1S/C25H20F3NO2/c26-25(27,28)18-9-5-7-17(15-18)8-6-14-29-24(30)31-16-23-21-12-3-1-10-19(21)20-11-2-4-13-22(20)23/h1-13,15,23H,14,16H2,(H,29,30). The average molecular weight is 423 g/mol. The molecule has 0 bridgehead atoms. The Bertz CT molecular complexity index is 1080. The van der Waals surface area contributed by atoms with Crippen molar-refractivity contribution in [3.05, 3.63) is 101 Å². The zero-order valence-corrected chi connectivity index (χ0v) is 16.5. The van der Waals surface area contributed by atoms with E-state index in [4.69, 9.17) is 4.74 Å². The summed E-state index contributed by atoms with van der Waals surface area (Å²) in [5.41, 5.74) is 4.25. The summed E-state index contributed by atoms with van der Waals surface area (Å²) < 4.78 is 43.7. The SMILES string of the molecule is O=C(NCC=Cc1cccc(C(F)(F)F)c1)OCC1c2ccccc2-c2ccccc21. The Kier molecular flexibility index (Phi) is 5.80. The van der Waals surface area contributed by atoms with Gasteiger partial charge in [0.25, 0.3) is 0 Å². The van der Waals surface area contributed by atoms with Gasteiger partial charge < -0.3 is 10.1 Å². The van der Waals surface area contributed by atoms with Crippen LogP contribution in [0.3, 0.4) is 0 Å². The van der Waals surface area contributed by atoms with Gasteiger partial charge in [0.2, 0.25) is 0 Å². The largest absolute Gasteiger partial charge is 0.449 e. The van der Waals surface area contributed by atoms with Crippen molar-refractivity contribution in [1.29, 1.82) is 0 Å². The maximum atomic E-state index is 12.8. The number of amides is 1. The number of halogens is 3. The Hall–Kier alpha value is -3.54. The van der Waals surface area contributed by atoms with Gasteiger partial charge in [0.15, 0.2) is 0 Å². The molecule has 0 aliphatic heterocycles. The fourth-order valence-corrected chi connectivity index (χ4v) is 3.81. The lowest BCUT2D eigenvalue weighted by molar-refractivity contribution is -0.137. The number of fused-ring (bicyclic) bond motifs is 3. The zero-order chi connectivity index (χ0) is 21.8. The average Bonchev–Trinajstić information content (AvgIpc) is 3.09. The molecule has 3 nitrogen and oxygen atoms in total. The summed E-state index contributed by atoms with van der Waals surface area (Å²) in [7, 11) is 0. The number of hydrogen-bond donors (Lipinski definition) is 1. The minimum absolute atomic E-state index is 0.0289. The molecular formula is C25H20F3NO2. The molecule has 158 valence electrons. The third kappa shape index (κ3) is 4.63. The summed E-state index contributed by atoms with van der Waals surface area (Å²) in [5.74, 6) is -0.0289. The first-order valence-corrected chi connectivity index (χ1v) is 9.86. The van der Waals surface area contributed by atoms with E-state index in [9.17, 15) is 18.0 Å². The van der Waals surface area contributed by atoms with Crippen LogP contribution in [0.1, 0.15) is 28.2 Å². The molecule has 0 saturated heterocycles. The first-order chi connectivity index (χ1) is 14.9. The van der Waals surface area contributed by atoms with Crippen LogP contribution < -0.4 is 5.32 Å². The van der Waals surface area contributed by atoms with Crippen LogP contribution in [0, 0.1) is 0 Å². The summed E-state index contributed by atoms with van der Waals surface area (Å²) in [5, 5.41) is 2.60. The van der Waals surface area contributed by atoms with Crippen molar-refractivity contribution in [1.82, 2.24) is 5.32 Å². The second kappa shape index (κ2) is 8.68. The predicted octanol–water partition coefficient (Wildman–Crippen LogP) is 6.26. The first-order valence-electron chi connectivity index (χ1n) is 9.86. The third-order valence-electron chi connectivity index (χ3n) is 5.23. The summed E-state index contributed by atoms with van der Waals surface area (Å²) in [6, 6.07) is 21.1. The van der Waals surface area contributed by atoms with E-state index in [0.29, 0.717) is 5.56 Å². The van der Waals surface area contributed by atoms with Crippen LogP contribution in [-0.4, -0.2) is 19.2 Å². The molecule has 1 aliphatic rings. The number of carbonyl (C=O) groups is 1. The predicted molar refractivity (Wildman–Crippen MR) is 114 cm³/mol. The number of benzene rings is 3. The van der Waals surface area contributed by atoms with E-state index in [2.05, 4.69) is 17.4 Å². The molecular weight excluding hydrogens is 403 g/mol. The minimum atomic E-state index is -4.39. The molecule has 31 heavy (non-hydrogen) atoms. The molecule has 3 aromatic carbocycles. The second-order valence-corrected chi connectivity index (χ2v) is 7.23. The Labute approximate surface area is 178 Å². The number of rotatable bonds is 5. The Morgan fingerprint density at radius 2 is 1.58 bits per heavy atom. The monoisotopic (exact) mass is 423 g/mol. The molecule has 0 spiro atoms. The van der Waals surface area contributed by atoms with Gasteiger partial charge in [-0.15, -0.1) is 0 Å². The lowest BCUT2D eigenvalue weighted by Gasteiger charge is -2.14. The number of nitrogens with one attached hydrogen (secondary N) is 1. The highest BCUT2D eigenvalue weighted by Gasteiger charge is 2.30. The first kappa shape index (κ1) is 20.7. The lowest BCUT2D eigenvalue weighted by Crippen LogP contribution is -2.26. The molecule has 1 aliphatic carbocycles. The van der Waals surface area contributed by atoms with Crippen LogP contribution in [0.5, 0.6) is 0 Å². The molecule has 0 saturated carbocycles. The quantitative estimate of drug-likeness (QED) is 0.526. The maximum absolute atomic E-state index is 12.8. The highest BCUT2D eigenvalue weighted by molar-refractivity contribution is 5.79. The number of ether oxygens (including phenoxy) is 1. The molecule has 1 amide bonds. The van der Waals surface area contributed by atoms with Gasteiger partial charge in [-0.1, -0.05) is 72.8 Å². The normalized spacial score (nSPS) is 13.1. The van der Waals surface area contributed by atoms with Crippen LogP contribution >= 0.6 is 0 Å². The summed E-state index contributed by atoms with van der Waals surface area (Å²) in [4.78, 5) is 12.1. The molecule has 3 aromatic rings. The van der Waals surface area contributed by atoms with Crippen LogP contribution in [0.4, 0.5) is 18.0 Å². The van der Waals surface area contributed by atoms with Gasteiger partial charge in [-0.05, 0) is 39.9 Å². The topological polar surface area (TPSA) is 38.3 Å². The Morgan fingerprint density at radius 1 is 0.935 bits per heavy atom. The number of alkyl carbamates (subject to hydrolysis) is 1. The van der Waals surface area contributed by atoms with Gasteiger partial charge >= 0.3 is 12.3 Å². The van der Waals surface area contributed by atoms with Crippen LogP contribution in [0.2, 0.25) is 0 Å². The zero-order valence-electron chi connectivity index (χ0n) is 16.5. The van der Waals surface area contributed by atoms with Gasteiger partial charge in [0.05, 0.1) is 5.56 Å². The molecule has 0 aromatic heterocycles. The molecule has 4 rings (SSSR count). The summed E-state index contributed by atoms with van der Waals surface area (Å²) in [6.07, 6.45) is -1.85. The van der Waals surface area contributed by atoms with Crippen molar-refractivity contribution in [2.24, 2.45) is 0 Å². The van der Waals surface area contributed by atoms with E-state index in [-0.39, 0.29) is 19.1 Å². The number of hydrogen-bond acceptors (Lipinski definition) is 2. The van der Waals surface area contributed by atoms with Crippen LogP contribution in [-0.2, 0) is 10.9 Å². The minimum Gasteiger partial charge on any atom is -0.449 e. The van der Waals surface area contributed by atoms with Crippen molar-refractivity contribution in [2.75, 3.05) is 13.2 Å². The highest BCUT2D eigenvalue weighted by Crippen LogP contribution is 2.44. The van der Waals surface area contributed by atoms with Gasteiger partial charge in [-0.3, -0.25) is 0 Å². The van der Waals surface area contributed by atoms with Gasteiger partial charge in [0, 0.05) is 12.5 Å². The molecule has 0 heterocycles. The van der Waals surface area contributed by atoms with E-state index >= 15 is 0 Å². The Morgan fingerprint density at radius 3 is 2.23 bits per heavy atom. The van der Waals surface area contributed by atoms with Gasteiger partial charge in [-0.25, -0.2) is 4.79 Å². The highest BCUT2D eigenvalue weighted by atomic mass is 19.4. The second-order valence-electron chi connectivity index (χ2n) is 7.23. The molecule has 6 heteroatoms. The van der Waals surface area contributed by atoms with Gasteiger partial charge in [0.1, 0.15) is 6.61 Å². The van der Waals surface area contributed by atoms with Crippen molar-refractivity contribution in [3.8, 4) is 11.1 Å². The fourth-order valence-electron chi connectivity index (χ4n) is 3.81. The van der Waals surface area contributed by atoms with Crippen LogP contribution in [0.15, 0.2) is 78.9 Å². The Balaban J connectivity index is 1.32. The maximum Gasteiger partial charge on any atom is 0.416 e. The molecule has 1 N–H and O–H groups in total. The van der Waals surface area contributed by atoms with E-state index in [1.54, 1.807) is 12.1 Å². The summed E-state index contributed by atoms with van der Waals surface area (Å²) >= 11 is 0. The summed E-state index contributed by atoms with van der Waals surface area (Å²) in [6.45, 7) is 0.351. The van der Waals surface area contributed by atoms with Crippen LogP contribution in [0.25, 0.3) is 17.2 Å². The third-order valence-corrected chi connectivity index (χ3v) is 5.23. The van der Waals surface area contributed by atoms with Crippen molar-refractivity contribution in [3.63, 3.8) is 0 Å². The molecule has 0 fully saturated rings. The molecule has 0 unspecified atom stereocenters. The van der Waals surface area contributed by atoms with E-state index in [1.807, 2.05) is 36.4 Å². The van der Waals surface area contributed by atoms with Gasteiger partial charge in [-0.2, -0.15) is 13.2 Å². The van der Waals surface area contributed by atoms with Crippen molar-refractivity contribution in [2.45, 2.75) is 12.1 Å². The molecule has 0 radical (unpaired) electrons. The van der Waals surface area contributed by atoms with Crippen molar-refractivity contribution >= 4 is 12.2 Å². The van der Waals surface area contributed by atoms with E-state index in [0.717, 1.165) is 34.4 Å².